The molecule has 1 aliphatic heterocycles. The summed E-state index contributed by atoms with van der Waals surface area (Å²) >= 11 is 0. The second-order valence-corrected chi connectivity index (χ2v) is 3.70. The van der Waals surface area contributed by atoms with Crippen LogP contribution in [0.1, 0.15) is 23.3 Å². The van der Waals surface area contributed by atoms with Crippen molar-refractivity contribution in [3.63, 3.8) is 0 Å². The standard InChI is InChI=1S/C9H14N4O2/c14-9(15)8-7-10-11-13(8)6-5-12-3-1-2-4-12/h7H,1-6H2,(H,14,15). The van der Waals surface area contributed by atoms with Crippen LogP contribution in [0.15, 0.2) is 6.20 Å². The largest absolute Gasteiger partial charge is 0.476 e. The average Bonchev–Trinajstić information content (AvgIpc) is 2.86. The molecule has 2 rings (SSSR count). The lowest BCUT2D eigenvalue weighted by molar-refractivity contribution is 0.0682. The van der Waals surface area contributed by atoms with Crippen molar-refractivity contribution in [3.05, 3.63) is 11.9 Å². The number of aromatic nitrogens is 3. The van der Waals surface area contributed by atoms with Crippen LogP contribution >= 0.6 is 0 Å². The molecule has 0 radical (unpaired) electrons. The van der Waals surface area contributed by atoms with Gasteiger partial charge in [-0.3, -0.25) is 0 Å². The van der Waals surface area contributed by atoms with Gasteiger partial charge in [0.15, 0.2) is 5.69 Å². The third-order valence-corrected chi connectivity index (χ3v) is 2.66. The van der Waals surface area contributed by atoms with Crippen molar-refractivity contribution in [1.82, 2.24) is 19.9 Å². The molecule has 0 atom stereocenters. The van der Waals surface area contributed by atoms with E-state index < -0.39 is 5.97 Å². The molecule has 6 nitrogen and oxygen atoms in total. The molecule has 1 fully saturated rings. The summed E-state index contributed by atoms with van der Waals surface area (Å²) in [6.07, 6.45) is 3.76. The molecule has 0 amide bonds. The normalized spacial score (nSPS) is 17.1. The first kappa shape index (κ1) is 10.1. The van der Waals surface area contributed by atoms with E-state index in [0.29, 0.717) is 6.54 Å². The monoisotopic (exact) mass is 210 g/mol. The first-order valence-corrected chi connectivity index (χ1v) is 5.11. The third kappa shape index (κ3) is 2.33. The fraction of sp³-hybridized carbons (Fsp3) is 0.667. The highest BCUT2D eigenvalue weighted by molar-refractivity contribution is 5.85. The van der Waals surface area contributed by atoms with Crippen LogP contribution in [0.2, 0.25) is 0 Å². The van der Waals surface area contributed by atoms with Gasteiger partial charge in [-0.2, -0.15) is 0 Å². The van der Waals surface area contributed by atoms with E-state index in [9.17, 15) is 4.79 Å². The Morgan fingerprint density at radius 3 is 2.80 bits per heavy atom. The molecule has 1 N–H and O–H groups in total. The molecule has 0 saturated carbocycles. The first-order valence-electron chi connectivity index (χ1n) is 5.11. The Labute approximate surface area is 87.5 Å². The molecule has 0 unspecified atom stereocenters. The minimum atomic E-state index is -0.971. The summed E-state index contributed by atoms with van der Waals surface area (Å²) in [6, 6.07) is 0. The van der Waals surface area contributed by atoms with Gasteiger partial charge in [0.2, 0.25) is 0 Å². The molecule has 82 valence electrons. The van der Waals surface area contributed by atoms with Crippen LogP contribution in [0.25, 0.3) is 0 Å². The lowest BCUT2D eigenvalue weighted by Crippen LogP contribution is -2.25. The molecule has 0 spiro atoms. The van der Waals surface area contributed by atoms with Gasteiger partial charge in [-0.1, -0.05) is 5.21 Å². The molecule has 15 heavy (non-hydrogen) atoms. The first-order chi connectivity index (χ1) is 7.27. The highest BCUT2D eigenvalue weighted by atomic mass is 16.4. The van der Waals surface area contributed by atoms with Gasteiger partial charge in [-0.15, -0.1) is 5.10 Å². The van der Waals surface area contributed by atoms with Crippen LogP contribution in [-0.2, 0) is 6.54 Å². The summed E-state index contributed by atoms with van der Waals surface area (Å²) in [5, 5.41) is 16.2. The molecular formula is C9H14N4O2. The van der Waals surface area contributed by atoms with E-state index in [1.165, 1.54) is 23.7 Å². The van der Waals surface area contributed by atoms with E-state index >= 15 is 0 Å². The van der Waals surface area contributed by atoms with E-state index in [-0.39, 0.29) is 5.69 Å². The zero-order chi connectivity index (χ0) is 10.7. The van der Waals surface area contributed by atoms with E-state index in [2.05, 4.69) is 15.2 Å². The second-order valence-electron chi connectivity index (χ2n) is 3.70. The summed E-state index contributed by atoms with van der Waals surface area (Å²) in [7, 11) is 0. The molecule has 0 bridgehead atoms. The summed E-state index contributed by atoms with van der Waals surface area (Å²) in [5.41, 5.74) is 0.161. The molecule has 0 aromatic carbocycles. The quantitative estimate of drug-likeness (QED) is 0.761. The predicted octanol–water partition coefficient (Wildman–Crippen LogP) is 0.0721. The molecular weight excluding hydrogens is 196 g/mol. The lowest BCUT2D eigenvalue weighted by atomic mass is 10.4. The number of likely N-dealkylation sites (tertiary alicyclic amines) is 1. The van der Waals surface area contributed by atoms with Crippen LogP contribution in [-0.4, -0.2) is 50.6 Å². The Kier molecular flexibility index (Phi) is 2.96. The van der Waals surface area contributed by atoms with Crippen LogP contribution in [0.3, 0.4) is 0 Å². The van der Waals surface area contributed by atoms with E-state index in [1.807, 2.05) is 0 Å². The minimum Gasteiger partial charge on any atom is -0.476 e. The molecule has 6 heteroatoms. The Balaban J connectivity index is 1.92. The molecule has 1 saturated heterocycles. The number of hydrogen-bond acceptors (Lipinski definition) is 4. The maximum Gasteiger partial charge on any atom is 0.355 e. The maximum absolute atomic E-state index is 10.8. The molecule has 2 heterocycles. The number of nitrogens with zero attached hydrogens (tertiary/aromatic N) is 4. The highest BCUT2D eigenvalue weighted by Crippen LogP contribution is 2.07. The van der Waals surface area contributed by atoms with Crippen molar-refractivity contribution in [3.8, 4) is 0 Å². The second kappa shape index (κ2) is 4.39. The Hall–Kier alpha value is -1.43. The maximum atomic E-state index is 10.8. The van der Waals surface area contributed by atoms with Crippen molar-refractivity contribution >= 4 is 5.97 Å². The van der Waals surface area contributed by atoms with Gasteiger partial charge in [0, 0.05) is 6.54 Å². The number of carboxylic acids is 1. The van der Waals surface area contributed by atoms with Gasteiger partial charge in [0.05, 0.1) is 12.7 Å². The van der Waals surface area contributed by atoms with Crippen molar-refractivity contribution < 1.29 is 9.90 Å². The predicted molar refractivity (Wildman–Crippen MR) is 52.7 cm³/mol. The van der Waals surface area contributed by atoms with E-state index in [0.717, 1.165) is 19.6 Å². The highest BCUT2D eigenvalue weighted by Gasteiger charge is 2.14. The zero-order valence-corrected chi connectivity index (χ0v) is 8.46. The van der Waals surface area contributed by atoms with Crippen molar-refractivity contribution in [2.75, 3.05) is 19.6 Å². The molecule has 1 aromatic heterocycles. The van der Waals surface area contributed by atoms with Gasteiger partial charge in [0.1, 0.15) is 0 Å². The van der Waals surface area contributed by atoms with Gasteiger partial charge in [0.25, 0.3) is 0 Å². The Morgan fingerprint density at radius 1 is 1.40 bits per heavy atom. The Bertz CT molecular complexity index is 344. The van der Waals surface area contributed by atoms with E-state index in [4.69, 9.17) is 5.11 Å². The average molecular weight is 210 g/mol. The number of carbonyl (C=O) groups is 1. The fourth-order valence-electron chi connectivity index (χ4n) is 1.83. The lowest BCUT2D eigenvalue weighted by Gasteiger charge is -2.14. The summed E-state index contributed by atoms with van der Waals surface area (Å²) in [4.78, 5) is 13.1. The van der Waals surface area contributed by atoms with Crippen LogP contribution < -0.4 is 0 Å². The summed E-state index contributed by atoms with van der Waals surface area (Å²) < 4.78 is 1.45. The van der Waals surface area contributed by atoms with Gasteiger partial charge in [-0.25, -0.2) is 9.48 Å². The van der Waals surface area contributed by atoms with Crippen LogP contribution in [0, 0.1) is 0 Å². The number of hydrogen-bond donors (Lipinski definition) is 1. The number of rotatable bonds is 4. The van der Waals surface area contributed by atoms with Crippen molar-refractivity contribution in [2.45, 2.75) is 19.4 Å². The van der Waals surface area contributed by atoms with Gasteiger partial charge >= 0.3 is 5.97 Å². The van der Waals surface area contributed by atoms with Crippen molar-refractivity contribution in [2.24, 2.45) is 0 Å². The topological polar surface area (TPSA) is 71.2 Å². The molecule has 0 aliphatic carbocycles. The third-order valence-electron chi connectivity index (χ3n) is 2.66. The number of carboxylic acid groups (broad SMARTS) is 1. The molecule has 1 aliphatic rings. The summed E-state index contributed by atoms with van der Waals surface area (Å²) in [5.74, 6) is -0.971. The van der Waals surface area contributed by atoms with Gasteiger partial charge in [-0.05, 0) is 25.9 Å². The van der Waals surface area contributed by atoms with Crippen LogP contribution in [0.5, 0.6) is 0 Å². The minimum absolute atomic E-state index is 0.161. The SMILES string of the molecule is O=C(O)c1cnnn1CCN1CCCC1. The summed E-state index contributed by atoms with van der Waals surface area (Å²) in [6.45, 7) is 3.67. The molecule has 1 aromatic rings. The Morgan fingerprint density at radius 2 is 2.13 bits per heavy atom. The van der Waals surface area contributed by atoms with Crippen LogP contribution in [0.4, 0.5) is 0 Å². The smallest absolute Gasteiger partial charge is 0.355 e. The fourth-order valence-corrected chi connectivity index (χ4v) is 1.83. The number of aromatic carboxylic acids is 1. The zero-order valence-electron chi connectivity index (χ0n) is 8.46. The van der Waals surface area contributed by atoms with Crippen molar-refractivity contribution in [1.29, 1.82) is 0 Å². The van der Waals surface area contributed by atoms with Gasteiger partial charge < -0.3 is 10.0 Å². The van der Waals surface area contributed by atoms with E-state index in [1.54, 1.807) is 0 Å².